The number of amides is 2. The number of hydrogen-bond acceptors (Lipinski definition) is 5. The Bertz CT molecular complexity index is 502. The second kappa shape index (κ2) is 5.28. The van der Waals surface area contributed by atoms with E-state index in [0.717, 1.165) is 25.8 Å². The Labute approximate surface area is 124 Å². The zero-order valence-corrected chi connectivity index (χ0v) is 12.2. The van der Waals surface area contributed by atoms with Gasteiger partial charge in [0.1, 0.15) is 6.04 Å². The molecular weight excluding hydrogens is 270 g/mol. The molecule has 0 aliphatic carbocycles. The quantitative estimate of drug-likeness (QED) is 0.701. The summed E-state index contributed by atoms with van der Waals surface area (Å²) >= 11 is 0. The van der Waals surface area contributed by atoms with Crippen LogP contribution in [0.1, 0.15) is 19.3 Å². The van der Waals surface area contributed by atoms with E-state index in [1.165, 1.54) is 0 Å². The molecule has 2 bridgehead atoms. The summed E-state index contributed by atoms with van der Waals surface area (Å²) in [4.78, 5) is 29.8. The fourth-order valence-electron chi connectivity index (χ4n) is 3.74. The maximum absolute atomic E-state index is 12.4. The average Bonchev–Trinajstić information content (AvgIpc) is 3.15. The first-order chi connectivity index (χ1) is 10.0. The van der Waals surface area contributed by atoms with E-state index >= 15 is 0 Å². The van der Waals surface area contributed by atoms with Crippen LogP contribution in [-0.2, 0) is 9.59 Å². The van der Waals surface area contributed by atoms with Crippen molar-refractivity contribution in [2.45, 2.75) is 43.4 Å². The van der Waals surface area contributed by atoms with Crippen molar-refractivity contribution in [2.24, 2.45) is 5.73 Å². The third-order valence-corrected chi connectivity index (χ3v) is 5.00. The van der Waals surface area contributed by atoms with Crippen LogP contribution in [0.4, 0.5) is 0 Å². The van der Waals surface area contributed by atoms with E-state index in [2.05, 4.69) is 6.07 Å². The first-order valence-corrected chi connectivity index (χ1v) is 7.49. The molecule has 21 heavy (non-hydrogen) atoms. The van der Waals surface area contributed by atoms with Crippen molar-refractivity contribution in [1.29, 1.82) is 5.26 Å². The number of piperazine rings is 1. The van der Waals surface area contributed by atoms with Crippen molar-refractivity contribution in [3.8, 4) is 6.07 Å². The molecule has 3 unspecified atom stereocenters. The lowest BCUT2D eigenvalue weighted by Gasteiger charge is -2.33. The number of carbonyl (C=O) groups is 2. The summed E-state index contributed by atoms with van der Waals surface area (Å²) in [5.41, 5.74) is 6.04. The van der Waals surface area contributed by atoms with Crippen LogP contribution >= 0.6 is 0 Å². The number of likely N-dealkylation sites (tertiary alicyclic amines) is 3. The van der Waals surface area contributed by atoms with E-state index in [9.17, 15) is 9.59 Å². The van der Waals surface area contributed by atoms with Gasteiger partial charge in [0.2, 0.25) is 11.8 Å². The molecule has 2 N–H and O–H groups in total. The first kappa shape index (κ1) is 14.3. The summed E-state index contributed by atoms with van der Waals surface area (Å²) in [5, 5.41) is 9.06. The Balaban J connectivity index is 1.60. The average molecular weight is 291 g/mol. The molecule has 3 fully saturated rings. The Morgan fingerprint density at radius 1 is 1.57 bits per heavy atom. The molecule has 7 nitrogen and oxygen atoms in total. The molecule has 0 aromatic rings. The molecule has 3 saturated heterocycles. The number of nitriles is 1. The highest BCUT2D eigenvalue weighted by Crippen LogP contribution is 2.30. The fourth-order valence-corrected chi connectivity index (χ4v) is 3.74. The van der Waals surface area contributed by atoms with Gasteiger partial charge in [-0.15, -0.1) is 0 Å². The molecule has 3 aliphatic rings. The third kappa shape index (κ3) is 2.28. The van der Waals surface area contributed by atoms with Gasteiger partial charge in [0, 0.05) is 32.7 Å². The summed E-state index contributed by atoms with van der Waals surface area (Å²) < 4.78 is 0. The van der Waals surface area contributed by atoms with Crippen molar-refractivity contribution in [1.82, 2.24) is 14.7 Å². The van der Waals surface area contributed by atoms with E-state index in [4.69, 9.17) is 11.0 Å². The lowest BCUT2D eigenvalue weighted by molar-refractivity contribution is -0.138. The van der Waals surface area contributed by atoms with Gasteiger partial charge >= 0.3 is 0 Å². The standard InChI is InChI=1S/C14H21N5O2/c1-17-10-5-12(14(17)21)18(7-10)8-11(16)13(20)19-4-2-3-9(19)6-15/h9-12H,2-5,7-8,16H2,1H3/t9?,10?,11-,12?/m0/s1. The molecule has 0 radical (unpaired) electrons. The van der Waals surface area contributed by atoms with E-state index in [1.54, 1.807) is 9.80 Å². The minimum absolute atomic E-state index is 0.121. The van der Waals surface area contributed by atoms with E-state index < -0.39 is 6.04 Å². The third-order valence-electron chi connectivity index (χ3n) is 5.00. The van der Waals surface area contributed by atoms with Crippen LogP contribution in [0.25, 0.3) is 0 Å². The Morgan fingerprint density at radius 3 is 2.95 bits per heavy atom. The Hall–Kier alpha value is -1.65. The van der Waals surface area contributed by atoms with Crippen molar-refractivity contribution >= 4 is 11.8 Å². The first-order valence-electron chi connectivity index (χ1n) is 7.49. The maximum atomic E-state index is 12.4. The topological polar surface area (TPSA) is 93.7 Å². The molecule has 2 amide bonds. The Kier molecular flexibility index (Phi) is 3.59. The van der Waals surface area contributed by atoms with E-state index in [1.807, 2.05) is 11.9 Å². The van der Waals surface area contributed by atoms with Crippen LogP contribution in [-0.4, -0.2) is 77.4 Å². The van der Waals surface area contributed by atoms with Crippen LogP contribution in [0.2, 0.25) is 0 Å². The lowest BCUT2D eigenvalue weighted by atomic mass is 10.2. The lowest BCUT2D eigenvalue weighted by Crippen LogP contribution is -2.55. The highest BCUT2D eigenvalue weighted by Gasteiger charge is 2.48. The van der Waals surface area contributed by atoms with Gasteiger partial charge in [-0.25, -0.2) is 0 Å². The van der Waals surface area contributed by atoms with E-state index in [0.29, 0.717) is 13.1 Å². The Morgan fingerprint density at radius 2 is 2.33 bits per heavy atom. The van der Waals surface area contributed by atoms with Crippen molar-refractivity contribution in [3.63, 3.8) is 0 Å². The maximum Gasteiger partial charge on any atom is 0.241 e. The zero-order chi connectivity index (χ0) is 15.1. The van der Waals surface area contributed by atoms with Gasteiger partial charge in [-0.05, 0) is 19.3 Å². The number of hydrogen-bond donors (Lipinski definition) is 1. The van der Waals surface area contributed by atoms with Crippen LogP contribution in [0.5, 0.6) is 0 Å². The van der Waals surface area contributed by atoms with Gasteiger partial charge in [0.05, 0.1) is 18.2 Å². The van der Waals surface area contributed by atoms with Gasteiger partial charge in [0.25, 0.3) is 0 Å². The van der Waals surface area contributed by atoms with Crippen LogP contribution in [0, 0.1) is 11.3 Å². The van der Waals surface area contributed by atoms with Gasteiger partial charge in [-0.3, -0.25) is 14.5 Å². The second-order valence-corrected chi connectivity index (χ2v) is 6.23. The number of carbonyl (C=O) groups excluding carboxylic acids is 2. The van der Waals surface area contributed by atoms with Gasteiger partial charge in [-0.1, -0.05) is 0 Å². The minimum Gasteiger partial charge on any atom is -0.340 e. The number of likely N-dealkylation sites (N-methyl/N-ethyl adjacent to an activating group) is 1. The van der Waals surface area contributed by atoms with E-state index in [-0.39, 0.29) is 29.9 Å². The van der Waals surface area contributed by atoms with Crippen LogP contribution < -0.4 is 5.73 Å². The summed E-state index contributed by atoms with van der Waals surface area (Å²) in [6.07, 6.45) is 2.42. The number of nitrogens with zero attached hydrogens (tertiary/aromatic N) is 4. The summed E-state index contributed by atoms with van der Waals surface area (Å²) in [6, 6.07) is 1.29. The largest absolute Gasteiger partial charge is 0.340 e. The molecule has 0 aromatic carbocycles. The van der Waals surface area contributed by atoms with Gasteiger partial charge in [-0.2, -0.15) is 5.26 Å². The molecule has 4 atom stereocenters. The molecule has 114 valence electrons. The SMILES string of the molecule is CN1C(=O)C2CC1CN2C[C@H](N)C(=O)N1CCCC1C#N. The monoisotopic (exact) mass is 291 g/mol. The minimum atomic E-state index is -0.656. The molecule has 0 aromatic heterocycles. The molecule has 0 spiro atoms. The predicted molar refractivity (Wildman–Crippen MR) is 74.9 cm³/mol. The number of fused-ring (bicyclic) bond motifs is 2. The highest BCUT2D eigenvalue weighted by atomic mass is 16.2. The summed E-state index contributed by atoms with van der Waals surface area (Å²) in [5.74, 6) is -0.0374. The zero-order valence-electron chi connectivity index (χ0n) is 12.2. The molecule has 3 aliphatic heterocycles. The molecule has 0 saturated carbocycles. The molecule has 3 heterocycles. The molecular formula is C14H21N5O2. The van der Waals surface area contributed by atoms with Crippen molar-refractivity contribution in [3.05, 3.63) is 0 Å². The fraction of sp³-hybridized carbons (Fsp3) is 0.786. The molecule has 7 heteroatoms. The summed E-state index contributed by atoms with van der Waals surface area (Å²) in [7, 11) is 1.83. The van der Waals surface area contributed by atoms with Crippen molar-refractivity contribution in [2.75, 3.05) is 26.7 Å². The molecule has 3 rings (SSSR count). The smallest absolute Gasteiger partial charge is 0.241 e. The highest BCUT2D eigenvalue weighted by molar-refractivity contribution is 5.86. The number of nitrogens with two attached hydrogens (primary N) is 1. The van der Waals surface area contributed by atoms with Crippen LogP contribution in [0.15, 0.2) is 0 Å². The number of rotatable bonds is 3. The second-order valence-electron chi connectivity index (χ2n) is 6.23. The normalized spacial score (nSPS) is 33.6. The van der Waals surface area contributed by atoms with Gasteiger partial charge in [0.15, 0.2) is 0 Å². The van der Waals surface area contributed by atoms with Crippen molar-refractivity contribution < 1.29 is 9.59 Å². The summed E-state index contributed by atoms with van der Waals surface area (Å²) in [6.45, 7) is 1.79. The van der Waals surface area contributed by atoms with Gasteiger partial charge < -0.3 is 15.5 Å². The predicted octanol–water partition coefficient (Wildman–Crippen LogP) is -1.26. The van der Waals surface area contributed by atoms with Crippen LogP contribution in [0.3, 0.4) is 0 Å².